The highest BCUT2D eigenvalue weighted by molar-refractivity contribution is 14.1. The van der Waals surface area contributed by atoms with E-state index in [1.54, 1.807) is 13.2 Å². The summed E-state index contributed by atoms with van der Waals surface area (Å²) in [7, 11) is -2.79. The summed E-state index contributed by atoms with van der Waals surface area (Å²) in [6, 6.07) is 7.83. The van der Waals surface area contributed by atoms with Gasteiger partial charge in [-0.2, -0.15) is 0 Å². The summed E-state index contributed by atoms with van der Waals surface area (Å²) in [5, 5.41) is 2.84. The van der Waals surface area contributed by atoms with E-state index in [2.05, 4.69) is 116 Å². The summed E-state index contributed by atoms with van der Waals surface area (Å²) in [6.07, 6.45) is 3.72. The van der Waals surface area contributed by atoms with E-state index in [0.29, 0.717) is 38.8 Å². The molecule has 1 heterocycles. The summed E-state index contributed by atoms with van der Waals surface area (Å²) in [5.74, 6) is 0.843. The van der Waals surface area contributed by atoms with Gasteiger partial charge in [-0.15, -0.1) is 0 Å². The van der Waals surface area contributed by atoms with Gasteiger partial charge in [0.15, 0.2) is 16.6 Å². The number of hydrogen-bond acceptors (Lipinski definition) is 8. The van der Waals surface area contributed by atoms with Crippen LogP contribution >= 0.6 is 22.6 Å². The number of hydrogen-bond donors (Lipinski definition) is 1. The zero-order chi connectivity index (χ0) is 40.2. The summed E-state index contributed by atoms with van der Waals surface area (Å²) >= 11 is 2.20. The van der Waals surface area contributed by atoms with Gasteiger partial charge in [-0.1, -0.05) is 103 Å². The third-order valence-corrected chi connectivity index (χ3v) is 20.6. The Morgan fingerprint density at radius 2 is 1.57 bits per heavy atom. The average Bonchev–Trinajstić information content (AvgIpc) is 3.05. The number of amides is 1. The Kier molecular flexibility index (Phi) is 19.0. The van der Waals surface area contributed by atoms with Gasteiger partial charge in [0.05, 0.1) is 44.2 Å². The highest BCUT2D eigenvalue weighted by Crippen LogP contribution is 2.44. The van der Waals surface area contributed by atoms with Crippen molar-refractivity contribution >= 4 is 51.1 Å². The summed E-state index contributed by atoms with van der Waals surface area (Å²) in [6.45, 7) is 31.2. The van der Waals surface area contributed by atoms with E-state index in [4.69, 9.17) is 27.8 Å². The lowest BCUT2D eigenvalue weighted by atomic mass is 9.85. The Morgan fingerprint density at radius 3 is 2.09 bits per heavy atom. The minimum absolute atomic E-state index is 0.00393. The molecule has 9 nitrogen and oxygen atoms in total. The molecule has 0 saturated carbocycles. The molecule has 12 heteroatoms. The largest absolute Gasteiger partial charge is 0.497 e. The Morgan fingerprint density at radius 1 is 0.981 bits per heavy atom. The number of methoxy groups -OCH3 is 1. The fourth-order valence-corrected chi connectivity index (χ4v) is 9.04. The van der Waals surface area contributed by atoms with Crippen LogP contribution in [0.1, 0.15) is 86.6 Å². The molecule has 1 aromatic carbocycles. The van der Waals surface area contributed by atoms with Gasteiger partial charge in [-0.25, -0.2) is 4.79 Å². The molecule has 1 saturated heterocycles. The molecule has 302 valence electrons. The van der Waals surface area contributed by atoms with Crippen LogP contribution in [-0.4, -0.2) is 79.3 Å². The molecule has 0 unspecified atom stereocenters. The zero-order valence-corrected chi connectivity index (χ0v) is 39.0. The van der Waals surface area contributed by atoms with Crippen molar-refractivity contribution in [3.05, 3.63) is 52.6 Å². The first-order chi connectivity index (χ1) is 24.5. The summed E-state index contributed by atoms with van der Waals surface area (Å²) in [5.41, 5.74) is 1.04. The van der Waals surface area contributed by atoms with Crippen molar-refractivity contribution in [3.63, 3.8) is 0 Å². The molecule has 7 atom stereocenters. The Labute approximate surface area is 337 Å². The highest BCUT2D eigenvalue weighted by atomic mass is 127. The van der Waals surface area contributed by atoms with E-state index < -0.39 is 22.7 Å². The molecule has 0 bridgehead atoms. The van der Waals surface area contributed by atoms with E-state index in [0.717, 1.165) is 11.3 Å². The number of carbonyl (C=O) groups is 2. The van der Waals surface area contributed by atoms with Crippen molar-refractivity contribution in [2.75, 3.05) is 20.3 Å². The van der Waals surface area contributed by atoms with Gasteiger partial charge < -0.3 is 33.1 Å². The second kappa shape index (κ2) is 21.1. The average molecular weight is 888 g/mol. The number of benzene rings is 1. The second-order valence-corrected chi connectivity index (χ2v) is 27.9. The van der Waals surface area contributed by atoms with Gasteiger partial charge in [0.2, 0.25) is 0 Å². The first kappa shape index (κ1) is 47.6. The number of rotatable bonds is 20. The third-order valence-electron chi connectivity index (χ3n) is 11.2. The van der Waals surface area contributed by atoms with Crippen molar-refractivity contribution in [2.24, 2.45) is 11.8 Å². The monoisotopic (exact) mass is 887 g/mol. The number of ketones is 1. The quantitative estimate of drug-likeness (QED) is 0.0785. The van der Waals surface area contributed by atoms with Crippen LogP contribution in [0.2, 0.25) is 36.3 Å². The molecule has 1 amide bonds. The molecule has 1 aliphatic rings. The molecule has 0 spiro atoms. The maximum Gasteiger partial charge on any atom is 0.407 e. The molecular formula is C41H70INO8Si2. The summed E-state index contributed by atoms with van der Waals surface area (Å²) < 4.78 is 40.0. The fraction of sp³-hybridized carbons (Fsp3) is 0.707. The normalized spacial score (nSPS) is 21.8. The SMILES string of the molecule is C=CCOC(=O)NCC[C@H]1O[C@@H]([C@@H](C)CC(=O)C[C@H](C)[C@@H](/C=C/I)OCc2ccc(OC)cc2)[C@@H](O[Si](C)(C)C(C)(C)C)C[C@H]1O[Si](C)(C)C(C)(C)C. The predicted octanol–water partition coefficient (Wildman–Crippen LogP) is 10.4. The van der Waals surface area contributed by atoms with Crippen molar-refractivity contribution < 1.29 is 37.4 Å². The van der Waals surface area contributed by atoms with Gasteiger partial charge in [-0.3, -0.25) is 4.79 Å². The van der Waals surface area contributed by atoms with E-state index in [1.807, 2.05) is 34.4 Å². The lowest BCUT2D eigenvalue weighted by Gasteiger charge is -2.50. The van der Waals surface area contributed by atoms with Crippen LogP contribution in [0.25, 0.3) is 0 Å². The van der Waals surface area contributed by atoms with E-state index >= 15 is 0 Å². The lowest BCUT2D eigenvalue weighted by Crippen LogP contribution is -2.59. The van der Waals surface area contributed by atoms with Crippen LogP contribution in [0.4, 0.5) is 4.79 Å². The minimum atomic E-state index is -2.24. The number of alkyl carbamates (subject to hydrolysis) is 1. The summed E-state index contributed by atoms with van der Waals surface area (Å²) in [4.78, 5) is 26.1. The fourth-order valence-electron chi connectivity index (χ4n) is 5.93. The van der Waals surface area contributed by atoms with Crippen LogP contribution in [0, 0.1) is 11.8 Å². The van der Waals surface area contributed by atoms with Crippen molar-refractivity contribution in [1.82, 2.24) is 5.32 Å². The van der Waals surface area contributed by atoms with Gasteiger partial charge >= 0.3 is 6.09 Å². The molecule has 0 aromatic heterocycles. The van der Waals surface area contributed by atoms with Crippen molar-refractivity contribution in [3.8, 4) is 5.75 Å². The maximum atomic E-state index is 13.8. The zero-order valence-electron chi connectivity index (χ0n) is 34.9. The van der Waals surface area contributed by atoms with Gasteiger partial charge in [0.25, 0.3) is 0 Å². The molecule has 1 aromatic rings. The van der Waals surface area contributed by atoms with Gasteiger partial charge in [-0.05, 0) is 82.4 Å². The van der Waals surface area contributed by atoms with E-state index in [9.17, 15) is 9.59 Å². The van der Waals surface area contributed by atoms with E-state index in [-0.39, 0.29) is 64.8 Å². The molecule has 1 aliphatic heterocycles. The predicted molar refractivity (Wildman–Crippen MR) is 229 cm³/mol. The Balaban J connectivity index is 2.31. The molecule has 53 heavy (non-hydrogen) atoms. The van der Waals surface area contributed by atoms with Crippen molar-refractivity contribution in [2.45, 2.75) is 154 Å². The first-order valence-electron chi connectivity index (χ1n) is 19.1. The number of nitrogens with one attached hydrogen (secondary N) is 1. The van der Waals surface area contributed by atoms with Gasteiger partial charge in [0, 0.05) is 25.8 Å². The topological polar surface area (TPSA) is 102 Å². The number of Topliss-reactive ketones (excluding diaryl/α,β-unsaturated/α-hetero) is 1. The molecule has 1 N–H and O–H groups in total. The Hall–Kier alpha value is -1.56. The van der Waals surface area contributed by atoms with E-state index in [1.165, 1.54) is 0 Å². The molecular weight excluding hydrogens is 818 g/mol. The number of carbonyl (C=O) groups excluding carboxylic acids is 2. The second-order valence-electron chi connectivity index (χ2n) is 17.7. The molecule has 0 radical (unpaired) electrons. The van der Waals surface area contributed by atoms with Gasteiger partial charge in [0.1, 0.15) is 18.1 Å². The van der Waals surface area contributed by atoms with Crippen LogP contribution in [0.5, 0.6) is 5.75 Å². The first-order valence-corrected chi connectivity index (χ1v) is 26.2. The maximum absolute atomic E-state index is 13.8. The smallest absolute Gasteiger partial charge is 0.407 e. The van der Waals surface area contributed by atoms with Crippen LogP contribution < -0.4 is 10.1 Å². The molecule has 1 fully saturated rings. The van der Waals surface area contributed by atoms with Crippen molar-refractivity contribution in [1.29, 1.82) is 0 Å². The minimum Gasteiger partial charge on any atom is -0.497 e. The number of halogens is 1. The molecule has 0 aliphatic carbocycles. The third kappa shape index (κ3) is 15.1. The standard InChI is InChI=1S/C41H70INO8Si2/c1-15-24-47-39(45)43-23-21-35-36(50-52(11,12)40(4,5)6)27-37(51-53(13,14)41(7,8)9)38(49-35)30(3)26-32(44)25-29(2)34(20-22-42)48-28-31-16-18-33(46-10)19-17-31/h15-20,22,29-30,34-38H,1,21,23-28H2,2-14H3,(H,43,45)/b22-20+/t29-,30-,34+,35+,36+,37-,38-/m0/s1. The molecule has 2 rings (SSSR count). The Bertz CT molecular complexity index is 1320. The number of ether oxygens (including phenoxy) is 4. The highest BCUT2D eigenvalue weighted by Gasteiger charge is 2.49. The van der Waals surface area contributed by atoms with Crippen LogP contribution in [0.3, 0.4) is 0 Å². The lowest BCUT2D eigenvalue weighted by molar-refractivity contribution is -0.178. The van der Waals surface area contributed by atoms with Crippen LogP contribution in [0.15, 0.2) is 47.1 Å². The van der Waals surface area contributed by atoms with Crippen LogP contribution in [-0.2, 0) is 34.5 Å².